The van der Waals surface area contributed by atoms with Crippen molar-refractivity contribution >= 4 is 12.0 Å². The van der Waals surface area contributed by atoms with Crippen molar-refractivity contribution in [2.24, 2.45) is 0 Å². The van der Waals surface area contributed by atoms with Crippen molar-refractivity contribution in [1.82, 2.24) is 5.06 Å². The van der Waals surface area contributed by atoms with Crippen LogP contribution >= 0.6 is 0 Å². The second kappa shape index (κ2) is 6.21. The lowest BCUT2D eigenvalue weighted by molar-refractivity contribution is -0.187. The number of benzene rings is 1. The molecule has 0 bridgehead atoms. The summed E-state index contributed by atoms with van der Waals surface area (Å²) in [4.78, 5) is 16.8. The first-order valence-electron chi connectivity index (χ1n) is 6.04. The predicted molar refractivity (Wildman–Crippen MR) is 67.0 cm³/mol. The van der Waals surface area contributed by atoms with Gasteiger partial charge in [-0.2, -0.15) is 0 Å². The first-order valence-corrected chi connectivity index (χ1v) is 6.04. The van der Waals surface area contributed by atoms with E-state index in [9.17, 15) is 4.79 Å². The highest BCUT2D eigenvalue weighted by molar-refractivity contribution is 5.86. The van der Waals surface area contributed by atoms with Crippen molar-refractivity contribution < 1.29 is 9.63 Å². The van der Waals surface area contributed by atoms with E-state index in [1.165, 1.54) is 12.5 Å². The molecule has 1 aromatic carbocycles. The standard InChI is InChI=1S/C14H17NO2/c16-14(17-15-11-5-2-6-12-15)10-9-13-7-3-1-4-8-13/h1,3-4,7-10H,2,5-6,11-12H2/b10-9+. The van der Waals surface area contributed by atoms with E-state index < -0.39 is 0 Å². The quantitative estimate of drug-likeness (QED) is 0.749. The fourth-order valence-corrected chi connectivity index (χ4v) is 1.84. The molecule has 0 aliphatic carbocycles. The van der Waals surface area contributed by atoms with Crippen LogP contribution in [0.4, 0.5) is 0 Å². The average Bonchev–Trinajstić information content (AvgIpc) is 2.39. The van der Waals surface area contributed by atoms with E-state index in [4.69, 9.17) is 4.84 Å². The zero-order valence-corrected chi connectivity index (χ0v) is 9.84. The number of carbonyl (C=O) groups excluding carboxylic acids is 1. The number of hydroxylamine groups is 2. The van der Waals surface area contributed by atoms with Crippen LogP contribution in [0.1, 0.15) is 24.8 Å². The molecule has 0 unspecified atom stereocenters. The molecular formula is C14H17NO2. The number of hydrogen-bond acceptors (Lipinski definition) is 3. The first-order chi connectivity index (χ1) is 8.34. The Labute approximate surface area is 102 Å². The van der Waals surface area contributed by atoms with Crippen molar-refractivity contribution in [3.05, 3.63) is 42.0 Å². The summed E-state index contributed by atoms with van der Waals surface area (Å²) in [5.41, 5.74) is 1.00. The topological polar surface area (TPSA) is 29.5 Å². The zero-order chi connectivity index (χ0) is 11.9. The van der Waals surface area contributed by atoms with E-state index in [2.05, 4.69) is 0 Å². The number of hydrogen-bond donors (Lipinski definition) is 0. The van der Waals surface area contributed by atoms with Crippen molar-refractivity contribution in [2.75, 3.05) is 13.1 Å². The minimum atomic E-state index is -0.296. The number of nitrogens with zero attached hydrogens (tertiary/aromatic N) is 1. The fourth-order valence-electron chi connectivity index (χ4n) is 1.84. The van der Waals surface area contributed by atoms with Gasteiger partial charge in [-0.3, -0.25) is 0 Å². The van der Waals surface area contributed by atoms with Gasteiger partial charge in [0, 0.05) is 19.2 Å². The van der Waals surface area contributed by atoms with Gasteiger partial charge in [0.15, 0.2) is 0 Å². The minimum Gasteiger partial charge on any atom is -0.364 e. The Balaban J connectivity index is 1.82. The van der Waals surface area contributed by atoms with Crippen LogP contribution in [-0.2, 0) is 9.63 Å². The maximum atomic E-state index is 11.5. The summed E-state index contributed by atoms with van der Waals surface area (Å²) in [5, 5.41) is 1.75. The minimum absolute atomic E-state index is 0.296. The van der Waals surface area contributed by atoms with Crippen molar-refractivity contribution in [1.29, 1.82) is 0 Å². The lowest BCUT2D eigenvalue weighted by Crippen LogP contribution is -2.31. The second-order valence-corrected chi connectivity index (χ2v) is 4.14. The van der Waals surface area contributed by atoms with E-state index in [0.717, 1.165) is 31.5 Å². The van der Waals surface area contributed by atoms with Crippen LogP contribution in [0.5, 0.6) is 0 Å². The molecule has 0 spiro atoms. The van der Waals surface area contributed by atoms with E-state index in [1.807, 2.05) is 30.3 Å². The van der Waals surface area contributed by atoms with Gasteiger partial charge < -0.3 is 4.84 Å². The van der Waals surface area contributed by atoms with E-state index in [1.54, 1.807) is 11.1 Å². The Morgan fingerprint density at radius 3 is 2.53 bits per heavy atom. The Bertz CT molecular complexity index is 380. The normalized spacial score (nSPS) is 17.2. The summed E-state index contributed by atoms with van der Waals surface area (Å²) in [7, 11) is 0. The lowest BCUT2D eigenvalue weighted by atomic mass is 10.2. The van der Waals surface area contributed by atoms with Gasteiger partial charge in [-0.15, -0.1) is 5.06 Å². The van der Waals surface area contributed by atoms with Gasteiger partial charge in [0.2, 0.25) is 0 Å². The van der Waals surface area contributed by atoms with Crippen LogP contribution in [-0.4, -0.2) is 24.1 Å². The highest BCUT2D eigenvalue weighted by Crippen LogP contribution is 2.09. The van der Waals surface area contributed by atoms with E-state index in [-0.39, 0.29) is 5.97 Å². The van der Waals surface area contributed by atoms with Crippen LogP contribution in [0.25, 0.3) is 6.08 Å². The second-order valence-electron chi connectivity index (χ2n) is 4.14. The van der Waals surface area contributed by atoms with Crippen molar-refractivity contribution in [2.45, 2.75) is 19.3 Å². The maximum absolute atomic E-state index is 11.5. The highest BCUT2D eigenvalue weighted by Gasteiger charge is 2.12. The van der Waals surface area contributed by atoms with Gasteiger partial charge in [-0.25, -0.2) is 4.79 Å². The summed E-state index contributed by atoms with van der Waals surface area (Å²) in [6.45, 7) is 1.70. The van der Waals surface area contributed by atoms with Crippen molar-refractivity contribution in [3.8, 4) is 0 Å². The fraction of sp³-hybridized carbons (Fsp3) is 0.357. The zero-order valence-electron chi connectivity index (χ0n) is 9.84. The van der Waals surface area contributed by atoms with Crippen LogP contribution in [0.2, 0.25) is 0 Å². The van der Waals surface area contributed by atoms with Gasteiger partial charge in [0.25, 0.3) is 0 Å². The molecule has 0 aromatic heterocycles. The van der Waals surface area contributed by atoms with E-state index in [0.29, 0.717) is 0 Å². The molecule has 0 N–H and O–H groups in total. The van der Waals surface area contributed by atoms with Crippen LogP contribution in [0.3, 0.4) is 0 Å². The van der Waals surface area contributed by atoms with E-state index >= 15 is 0 Å². The molecule has 1 saturated heterocycles. The number of rotatable bonds is 3. The van der Waals surface area contributed by atoms with Crippen molar-refractivity contribution in [3.63, 3.8) is 0 Å². The molecule has 90 valence electrons. The SMILES string of the molecule is O=C(/C=C/c1ccccc1)ON1CCCCC1. The van der Waals surface area contributed by atoms with Gasteiger partial charge in [-0.1, -0.05) is 36.8 Å². The molecule has 0 saturated carbocycles. The first kappa shape index (κ1) is 11.9. The lowest BCUT2D eigenvalue weighted by Gasteiger charge is -2.24. The largest absolute Gasteiger partial charge is 0.364 e. The maximum Gasteiger partial charge on any atom is 0.349 e. The summed E-state index contributed by atoms with van der Waals surface area (Å²) in [6.07, 6.45) is 6.69. The van der Waals surface area contributed by atoms with Gasteiger partial charge in [-0.05, 0) is 24.5 Å². The Hall–Kier alpha value is -1.61. The molecule has 3 nitrogen and oxygen atoms in total. The Kier molecular flexibility index (Phi) is 4.33. The molecule has 0 radical (unpaired) electrons. The molecule has 2 rings (SSSR count). The van der Waals surface area contributed by atoms with Crippen LogP contribution in [0.15, 0.2) is 36.4 Å². The Morgan fingerprint density at radius 1 is 1.12 bits per heavy atom. The molecule has 1 aliphatic rings. The predicted octanol–water partition coefficient (Wildman–Crippen LogP) is 2.64. The average molecular weight is 231 g/mol. The number of carbonyl (C=O) groups is 1. The van der Waals surface area contributed by atoms with Gasteiger partial charge in [0.1, 0.15) is 0 Å². The molecule has 1 aromatic rings. The van der Waals surface area contributed by atoms with Gasteiger partial charge >= 0.3 is 5.97 Å². The van der Waals surface area contributed by atoms with Crippen LogP contribution in [0, 0.1) is 0 Å². The smallest absolute Gasteiger partial charge is 0.349 e. The molecule has 0 atom stereocenters. The van der Waals surface area contributed by atoms with Crippen LogP contribution < -0.4 is 0 Å². The number of piperidine rings is 1. The third kappa shape index (κ3) is 4.04. The summed E-state index contributed by atoms with van der Waals surface area (Å²) >= 11 is 0. The molecule has 1 heterocycles. The molecule has 1 fully saturated rings. The summed E-state index contributed by atoms with van der Waals surface area (Å²) in [6, 6.07) is 9.73. The third-order valence-corrected chi connectivity index (χ3v) is 2.75. The Morgan fingerprint density at radius 2 is 1.82 bits per heavy atom. The summed E-state index contributed by atoms with van der Waals surface area (Å²) in [5.74, 6) is -0.296. The molecule has 1 aliphatic heterocycles. The molecule has 3 heteroatoms. The van der Waals surface area contributed by atoms with Gasteiger partial charge in [0.05, 0.1) is 0 Å². The third-order valence-electron chi connectivity index (χ3n) is 2.75. The monoisotopic (exact) mass is 231 g/mol. The molecular weight excluding hydrogens is 214 g/mol. The molecule has 17 heavy (non-hydrogen) atoms. The molecule has 0 amide bonds. The highest BCUT2D eigenvalue weighted by atomic mass is 16.7. The summed E-state index contributed by atoms with van der Waals surface area (Å²) < 4.78 is 0.